The molecule has 3 heterocycles. The van der Waals surface area contributed by atoms with Gasteiger partial charge in [-0.2, -0.15) is 4.31 Å². The number of sulfonamides is 1. The third-order valence-corrected chi connectivity index (χ3v) is 7.93. The number of benzene rings is 2. The van der Waals surface area contributed by atoms with Crippen LogP contribution < -0.4 is 4.90 Å². The third kappa shape index (κ3) is 4.23. The summed E-state index contributed by atoms with van der Waals surface area (Å²) < 4.78 is 33.8. The molecule has 2 aliphatic heterocycles. The van der Waals surface area contributed by atoms with Gasteiger partial charge in [-0.3, -0.25) is 0 Å². The van der Waals surface area contributed by atoms with Crippen molar-refractivity contribution >= 4 is 27.6 Å². The second-order valence-electron chi connectivity index (χ2n) is 7.86. The van der Waals surface area contributed by atoms with Crippen LogP contribution in [0.4, 0.5) is 5.95 Å². The molecule has 0 saturated carbocycles. The first kappa shape index (κ1) is 21.3. The van der Waals surface area contributed by atoms with E-state index in [0.717, 1.165) is 35.5 Å². The molecule has 7 nitrogen and oxygen atoms in total. The number of fused-ring (bicyclic) bond motifs is 1. The van der Waals surface area contributed by atoms with Gasteiger partial charge in [0.05, 0.1) is 30.3 Å². The molecule has 0 unspecified atom stereocenters. The topological polar surface area (TPSA) is 75.6 Å². The highest BCUT2D eigenvalue weighted by atomic mass is 35.5. The van der Waals surface area contributed by atoms with Crippen LogP contribution in [0.5, 0.6) is 0 Å². The summed E-state index contributed by atoms with van der Waals surface area (Å²) >= 11 is 5.98. The van der Waals surface area contributed by atoms with Gasteiger partial charge >= 0.3 is 0 Å². The molecule has 0 bridgehead atoms. The summed E-state index contributed by atoms with van der Waals surface area (Å²) in [6.07, 6.45) is 2.42. The van der Waals surface area contributed by atoms with E-state index < -0.39 is 10.0 Å². The Bertz CT molecular complexity index is 1230. The molecule has 0 N–H and O–H groups in total. The molecule has 2 aromatic carbocycles. The number of morpholine rings is 1. The Morgan fingerprint density at radius 2 is 1.75 bits per heavy atom. The first-order valence-corrected chi connectivity index (χ1v) is 12.4. The molecule has 0 spiro atoms. The summed E-state index contributed by atoms with van der Waals surface area (Å²) in [4.78, 5) is 11.6. The number of hydrogen-bond acceptors (Lipinski definition) is 6. The number of hydrogen-bond donors (Lipinski definition) is 0. The zero-order chi connectivity index (χ0) is 22.1. The summed E-state index contributed by atoms with van der Waals surface area (Å²) in [7, 11) is -3.67. The maximum atomic E-state index is 13.5. The second-order valence-corrected chi connectivity index (χ2v) is 10.2. The number of ether oxygens (including phenoxy) is 1. The fraction of sp³-hybridized carbons (Fsp3) is 0.304. The van der Waals surface area contributed by atoms with E-state index in [1.807, 2.05) is 24.4 Å². The SMILES string of the molecule is O=S(=O)(c1cccc(-c2ccc(Cl)cc2)c1)N1CCc2cnc(N3CCOCC3)nc2C1. The van der Waals surface area contributed by atoms with Crippen molar-refractivity contribution in [3.05, 3.63) is 71.0 Å². The van der Waals surface area contributed by atoms with Gasteiger partial charge in [-0.25, -0.2) is 18.4 Å². The van der Waals surface area contributed by atoms with Gasteiger partial charge in [0.25, 0.3) is 0 Å². The fourth-order valence-electron chi connectivity index (χ4n) is 4.02. The molecule has 32 heavy (non-hydrogen) atoms. The fourth-order valence-corrected chi connectivity index (χ4v) is 5.59. The predicted molar refractivity (Wildman–Crippen MR) is 123 cm³/mol. The summed E-state index contributed by atoms with van der Waals surface area (Å²) in [5.41, 5.74) is 3.52. The van der Waals surface area contributed by atoms with Gasteiger partial charge in [-0.15, -0.1) is 0 Å². The first-order valence-electron chi connectivity index (χ1n) is 10.5. The van der Waals surface area contributed by atoms with E-state index in [1.54, 1.807) is 30.3 Å². The van der Waals surface area contributed by atoms with Gasteiger partial charge in [0, 0.05) is 30.9 Å². The molecule has 1 fully saturated rings. The number of aromatic nitrogens is 2. The van der Waals surface area contributed by atoms with Crippen molar-refractivity contribution in [1.29, 1.82) is 0 Å². The van der Waals surface area contributed by atoms with Crippen molar-refractivity contribution in [3.8, 4) is 11.1 Å². The lowest BCUT2D eigenvalue weighted by Gasteiger charge is -2.30. The standard InChI is InChI=1S/C23H23ClN4O3S/c24-20-6-4-17(5-7-20)18-2-1-3-21(14-18)32(29,30)28-9-8-19-15-25-23(26-22(19)16-28)27-10-12-31-13-11-27/h1-7,14-15H,8-13,16H2. The number of nitrogens with zero attached hydrogens (tertiary/aromatic N) is 4. The van der Waals surface area contributed by atoms with Crippen molar-refractivity contribution in [2.24, 2.45) is 0 Å². The van der Waals surface area contributed by atoms with E-state index in [0.29, 0.717) is 37.2 Å². The minimum absolute atomic E-state index is 0.239. The normalized spacial score (nSPS) is 17.2. The summed E-state index contributed by atoms with van der Waals surface area (Å²) in [6, 6.07) is 14.4. The van der Waals surface area contributed by atoms with Crippen LogP contribution in [0, 0.1) is 0 Å². The lowest BCUT2D eigenvalue weighted by Crippen LogP contribution is -2.39. The van der Waals surface area contributed by atoms with E-state index in [2.05, 4.69) is 9.88 Å². The molecule has 166 valence electrons. The van der Waals surface area contributed by atoms with Gasteiger partial charge in [0.1, 0.15) is 0 Å². The van der Waals surface area contributed by atoms with Crippen LogP contribution >= 0.6 is 11.6 Å². The second kappa shape index (κ2) is 8.78. The van der Waals surface area contributed by atoms with Crippen molar-refractivity contribution in [1.82, 2.24) is 14.3 Å². The van der Waals surface area contributed by atoms with Gasteiger partial charge < -0.3 is 9.64 Å². The number of rotatable bonds is 4. The van der Waals surface area contributed by atoms with Crippen molar-refractivity contribution in [3.63, 3.8) is 0 Å². The Morgan fingerprint density at radius 3 is 2.53 bits per heavy atom. The van der Waals surface area contributed by atoms with Gasteiger partial charge in [-0.1, -0.05) is 35.9 Å². The molecule has 1 aromatic heterocycles. The van der Waals surface area contributed by atoms with Crippen molar-refractivity contribution in [2.45, 2.75) is 17.9 Å². The largest absolute Gasteiger partial charge is 0.378 e. The minimum Gasteiger partial charge on any atom is -0.378 e. The number of anilines is 1. The van der Waals surface area contributed by atoms with E-state index in [9.17, 15) is 8.42 Å². The lowest BCUT2D eigenvalue weighted by atomic mass is 10.1. The average molecular weight is 471 g/mol. The number of halogens is 1. The Balaban J connectivity index is 1.41. The van der Waals surface area contributed by atoms with Crippen LogP contribution in [0.15, 0.2) is 59.6 Å². The van der Waals surface area contributed by atoms with E-state index >= 15 is 0 Å². The van der Waals surface area contributed by atoms with Gasteiger partial charge in [-0.05, 0) is 47.4 Å². The maximum Gasteiger partial charge on any atom is 0.243 e. The molecule has 2 aliphatic rings. The molecule has 5 rings (SSSR count). The third-order valence-electron chi connectivity index (χ3n) is 5.84. The highest BCUT2D eigenvalue weighted by Crippen LogP contribution is 2.28. The molecule has 0 radical (unpaired) electrons. The Morgan fingerprint density at radius 1 is 0.969 bits per heavy atom. The van der Waals surface area contributed by atoms with Gasteiger partial charge in [0.2, 0.25) is 16.0 Å². The summed E-state index contributed by atoms with van der Waals surface area (Å²) in [5, 5.41) is 0.642. The Hall–Kier alpha value is -2.52. The molecule has 3 aromatic rings. The maximum absolute atomic E-state index is 13.5. The lowest BCUT2D eigenvalue weighted by molar-refractivity contribution is 0.122. The van der Waals surface area contributed by atoms with Crippen molar-refractivity contribution in [2.75, 3.05) is 37.7 Å². The van der Waals surface area contributed by atoms with Crippen molar-refractivity contribution < 1.29 is 13.2 Å². The highest BCUT2D eigenvalue weighted by molar-refractivity contribution is 7.89. The molecule has 1 saturated heterocycles. The summed E-state index contributed by atoms with van der Waals surface area (Å²) in [6.45, 7) is 3.40. The van der Waals surface area contributed by atoms with E-state index in [-0.39, 0.29) is 11.4 Å². The summed E-state index contributed by atoms with van der Waals surface area (Å²) in [5.74, 6) is 0.635. The Kier molecular flexibility index (Phi) is 5.86. The van der Waals surface area contributed by atoms with Crippen LogP contribution in [0.25, 0.3) is 11.1 Å². The van der Waals surface area contributed by atoms with E-state index in [4.69, 9.17) is 21.3 Å². The van der Waals surface area contributed by atoms with Gasteiger partial charge in [0.15, 0.2) is 0 Å². The highest BCUT2D eigenvalue weighted by Gasteiger charge is 2.30. The molecular weight excluding hydrogens is 448 g/mol. The van der Waals surface area contributed by atoms with E-state index in [1.165, 1.54) is 4.31 Å². The zero-order valence-electron chi connectivity index (χ0n) is 17.4. The van der Waals surface area contributed by atoms with Crippen LogP contribution in [-0.4, -0.2) is 55.5 Å². The molecule has 0 atom stereocenters. The molecular formula is C23H23ClN4O3S. The molecule has 0 aliphatic carbocycles. The molecule has 0 amide bonds. The minimum atomic E-state index is -3.67. The van der Waals surface area contributed by atoms with Crippen LogP contribution in [-0.2, 0) is 27.7 Å². The monoisotopic (exact) mass is 470 g/mol. The van der Waals surface area contributed by atoms with Crippen LogP contribution in [0.2, 0.25) is 5.02 Å². The first-order chi connectivity index (χ1) is 15.5. The smallest absolute Gasteiger partial charge is 0.243 e. The molecule has 9 heteroatoms. The quantitative estimate of drug-likeness (QED) is 0.582. The Labute approximate surface area is 192 Å². The van der Waals surface area contributed by atoms with Crippen LogP contribution in [0.1, 0.15) is 11.3 Å². The predicted octanol–water partition coefficient (Wildman–Crippen LogP) is 3.38. The average Bonchev–Trinajstić information content (AvgIpc) is 2.84. The van der Waals surface area contributed by atoms with Crippen LogP contribution in [0.3, 0.4) is 0 Å². The zero-order valence-corrected chi connectivity index (χ0v) is 19.0.